The summed E-state index contributed by atoms with van der Waals surface area (Å²) in [5, 5.41) is 4.79. The molecule has 3 nitrogen and oxygen atoms in total. The van der Waals surface area contributed by atoms with Gasteiger partial charge in [-0.25, -0.2) is 4.98 Å². The lowest BCUT2D eigenvalue weighted by Gasteiger charge is -2.18. The van der Waals surface area contributed by atoms with Crippen molar-refractivity contribution < 1.29 is 0 Å². The molecule has 4 heteroatoms. The topological polar surface area (TPSA) is 28.2 Å². The van der Waals surface area contributed by atoms with Crippen molar-refractivity contribution in [1.82, 2.24) is 10.3 Å². The molecule has 1 atom stereocenters. The summed E-state index contributed by atoms with van der Waals surface area (Å²) in [4.78, 5) is 8.92. The Labute approximate surface area is 134 Å². The highest BCUT2D eigenvalue weighted by atomic mass is 32.1. The maximum atomic E-state index is 5.01. The van der Waals surface area contributed by atoms with Crippen LogP contribution in [0.5, 0.6) is 0 Å². The van der Waals surface area contributed by atoms with E-state index in [2.05, 4.69) is 51.8 Å². The third-order valence-corrected chi connectivity index (χ3v) is 5.55. The lowest BCUT2D eigenvalue weighted by Crippen LogP contribution is -2.22. The van der Waals surface area contributed by atoms with E-state index in [9.17, 15) is 0 Å². The Morgan fingerprint density at radius 2 is 2.05 bits per heavy atom. The first kappa shape index (κ1) is 16.8. The third kappa shape index (κ3) is 4.19. The van der Waals surface area contributed by atoms with E-state index in [4.69, 9.17) is 4.98 Å². The van der Waals surface area contributed by atoms with Gasteiger partial charge in [0.15, 0.2) is 5.13 Å². The van der Waals surface area contributed by atoms with Gasteiger partial charge in [0.25, 0.3) is 0 Å². The fourth-order valence-corrected chi connectivity index (χ4v) is 3.92. The van der Waals surface area contributed by atoms with Crippen LogP contribution in [0.3, 0.4) is 0 Å². The molecule has 0 amide bonds. The molecule has 0 spiro atoms. The number of hydrogen-bond acceptors (Lipinski definition) is 4. The number of nitrogens with one attached hydrogen (secondary N) is 1. The van der Waals surface area contributed by atoms with Crippen LogP contribution in [0.15, 0.2) is 0 Å². The van der Waals surface area contributed by atoms with Crippen molar-refractivity contribution in [2.24, 2.45) is 5.41 Å². The molecule has 0 saturated carbocycles. The normalized spacial score (nSPS) is 19.5. The SMILES string of the molecule is CCC(C)c1nc(N2CCC(C)(C)C2)sc1CNC(C)C. The van der Waals surface area contributed by atoms with Gasteiger partial charge in [-0.15, -0.1) is 11.3 Å². The molecule has 2 heterocycles. The van der Waals surface area contributed by atoms with Crippen molar-refractivity contribution in [2.75, 3.05) is 18.0 Å². The molecule has 0 radical (unpaired) electrons. The van der Waals surface area contributed by atoms with E-state index in [1.54, 1.807) is 0 Å². The summed E-state index contributed by atoms with van der Waals surface area (Å²) in [5.74, 6) is 0.551. The maximum absolute atomic E-state index is 5.01. The Bertz CT molecular complexity index is 465. The summed E-state index contributed by atoms with van der Waals surface area (Å²) >= 11 is 1.90. The molecule has 21 heavy (non-hydrogen) atoms. The zero-order chi connectivity index (χ0) is 15.6. The summed E-state index contributed by atoms with van der Waals surface area (Å²) in [5.41, 5.74) is 1.74. The summed E-state index contributed by atoms with van der Waals surface area (Å²) in [6, 6.07) is 0.519. The van der Waals surface area contributed by atoms with Gasteiger partial charge in [0.2, 0.25) is 0 Å². The molecule has 1 aliphatic heterocycles. The quantitative estimate of drug-likeness (QED) is 0.844. The van der Waals surface area contributed by atoms with Crippen LogP contribution >= 0.6 is 11.3 Å². The second-order valence-electron chi connectivity index (χ2n) is 7.49. The van der Waals surface area contributed by atoms with Gasteiger partial charge < -0.3 is 10.2 Å². The fraction of sp³-hybridized carbons (Fsp3) is 0.824. The highest BCUT2D eigenvalue weighted by Gasteiger charge is 2.31. The van der Waals surface area contributed by atoms with Crippen molar-refractivity contribution in [3.8, 4) is 0 Å². The minimum atomic E-state index is 0.429. The smallest absolute Gasteiger partial charge is 0.185 e. The molecule has 2 rings (SSSR count). The fourth-order valence-electron chi connectivity index (χ4n) is 2.76. The molecule has 1 aromatic rings. The number of nitrogens with zero attached hydrogens (tertiary/aromatic N) is 2. The molecule has 0 aliphatic carbocycles. The lowest BCUT2D eigenvalue weighted by molar-refractivity contribution is 0.418. The van der Waals surface area contributed by atoms with E-state index in [-0.39, 0.29) is 0 Å². The number of hydrogen-bond donors (Lipinski definition) is 1. The van der Waals surface area contributed by atoms with E-state index in [1.807, 2.05) is 11.3 Å². The number of aromatic nitrogens is 1. The highest BCUT2D eigenvalue weighted by Crippen LogP contribution is 2.37. The third-order valence-electron chi connectivity index (χ3n) is 4.41. The standard InChI is InChI=1S/C17H31N3S/c1-7-13(4)15-14(10-18-12(2)3)21-16(19-15)20-9-8-17(5,6)11-20/h12-13,18H,7-11H2,1-6H3. The molecule has 1 fully saturated rings. The first-order valence-electron chi connectivity index (χ1n) is 8.30. The van der Waals surface area contributed by atoms with Crippen LogP contribution < -0.4 is 10.2 Å². The molecule has 120 valence electrons. The molecule has 1 unspecified atom stereocenters. The summed E-state index contributed by atoms with van der Waals surface area (Å²) in [7, 11) is 0. The van der Waals surface area contributed by atoms with Crippen LogP contribution in [-0.2, 0) is 6.54 Å². The van der Waals surface area contributed by atoms with Crippen LogP contribution in [0, 0.1) is 5.41 Å². The molecule has 0 bridgehead atoms. The molecule has 1 saturated heterocycles. The zero-order valence-corrected chi connectivity index (χ0v) is 15.3. The van der Waals surface area contributed by atoms with Crippen LogP contribution in [-0.4, -0.2) is 24.1 Å². The lowest BCUT2D eigenvalue weighted by atomic mass is 9.93. The average molecular weight is 310 g/mol. The molecular weight excluding hydrogens is 278 g/mol. The molecular formula is C17H31N3S. The second-order valence-corrected chi connectivity index (χ2v) is 8.55. The van der Waals surface area contributed by atoms with Gasteiger partial charge in [-0.2, -0.15) is 0 Å². The first-order chi connectivity index (χ1) is 9.82. The Kier molecular flexibility index (Phi) is 5.31. The van der Waals surface area contributed by atoms with Crippen molar-refractivity contribution in [2.45, 2.75) is 72.9 Å². The number of rotatable bonds is 6. The van der Waals surface area contributed by atoms with Gasteiger partial charge in [0, 0.05) is 30.6 Å². The maximum Gasteiger partial charge on any atom is 0.185 e. The van der Waals surface area contributed by atoms with Crippen LogP contribution in [0.2, 0.25) is 0 Å². The Hall–Kier alpha value is -0.610. The van der Waals surface area contributed by atoms with Gasteiger partial charge in [-0.05, 0) is 24.2 Å². The van der Waals surface area contributed by atoms with Crippen molar-refractivity contribution in [1.29, 1.82) is 0 Å². The zero-order valence-electron chi connectivity index (χ0n) is 14.5. The summed E-state index contributed by atoms with van der Waals surface area (Å²) < 4.78 is 0. The van der Waals surface area contributed by atoms with Gasteiger partial charge in [-0.3, -0.25) is 0 Å². The van der Waals surface area contributed by atoms with E-state index in [1.165, 1.54) is 22.1 Å². The molecule has 0 aromatic carbocycles. The molecule has 1 aromatic heterocycles. The van der Waals surface area contributed by atoms with E-state index >= 15 is 0 Å². The Morgan fingerprint density at radius 3 is 2.57 bits per heavy atom. The van der Waals surface area contributed by atoms with E-state index in [0.717, 1.165) is 26.1 Å². The first-order valence-corrected chi connectivity index (χ1v) is 9.12. The van der Waals surface area contributed by atoms with Gasteiger partial charge in [0.05, 0.1) is 5.69 Å². The molecule has 1 N–H and O–H groups in total. The van der Waals surface area contributed by atoms with Gasteiger partial charge in [0.1, 0.15) is 0 Å². The highest BCUT2D eigenvalue weighted by molar-refractivity contribution is 7.15. The van der Waals surface area contributed by atoms with E-state index in [0.29, 0.717) is 17.4 Å². The van der Waals surface area contributed by atoms with Crippen LogP contribution in [0.4, 0.5) is 5.13 Å². The monoisotopic (exact) mass is 309 g/mol. The number of anilines is 1. The predicted molar refractivity (Wildman–Crippen MR) is 93.4 cm³/mol. The number of thiazole rings is 1. The summed E-state index contributed by atoms with van der Waals surface area (Å²) in [6.45, 7) is 16.9. The van der Waals surface area contributed by atoms with Crippen molar-refractivity contribution >= 4 is 16.5 Å². The molecule has 1 aliphatic rings. The van der Waals surface area contributed by atoms with Crippen molar-refractivity contribution in [3.05, 3.63) is 10.6 Å². The van der Waals surface area contributed by atoms with Gasteiger partial charge >= 0.3 is 0 Å². The average Bonchev–Trinajstić information content (AvgIpc) is 2.98. The summed E-state index contributed by atoms with van der Waals surface area (Å²) in [6.07, 6.45) is 2.42. The van der Waals surface area contributed by atoms with Crippen LogP contribution in [0.25, 0.3) is 0 Å². The van der Waals surface area contributed by atoms with Gasteiger partial charge in [-0.1, -0.05) is 41.5 Å². The predicted octanol–water partition coefficient (Wildman–Crippen LogP) is 4.39. The van der Waals surface area contributed by atoms with Crippen molar-refractivity contribution in [3.63, 3.8) is 0 Å². The van der Waals surface area contributed by atoms with E-state index < -0.39 is 0 Å². The Morgan fingerprint density at radius 1 is 1.33 bits per heavy atom. The minimum Gasteiger partial charge on any atom is -0.348 e. The Balaban J connectivity index is 2.19. The second kappa shape index (κ2) is 6.66. The minimum absolute atomic E-state index is 0.429. The largest absolute Gasteiger partial charge is 0.348 e. The van der Waals surface area contributed by atoms with Crippen LogP contribution in [0.1, 0.15) is 70.9 Å².